The monoisotopic (exact) mass is 459 g/mol. The van der Waals surface area contributed by atoms with Crippen LogP contribution in [-0.2, 0) is 38.4 Å². The molecule has 30 heavy (non-hydrogen) atoms. The molecule has 2 aliphatic heterocycles. The topological polar surface area (TPSA) is 239 Å². The number of aliphatic carboxylic acids is 1. The molecule has 0 bridgehead atoms. The summed E-state index contributed by atoms with van der Waals surface area (Å²) in [6, 6.07) is -1.59. The van der Waals surface area contributed by atoms with Gasteiger partial charge in [-0.3, -0.25) is 9.35 Å². The fourth-order valence-electron chi connectivity index (χ4n) is 2.91. The van der Waals surface area contributed by atoms with E-state index in [2.05, 4.69) is 9.50 Å². The van der Waals surface area contributed by atoms with Crippen molar-refractivity contribution in [1.29, 1.82) is 0 Å². The van der Waals surface area contributed by atoms with Crippen molar-refractivity contribution in [2.75, 3.05) is 6.61 Å². The number of ether oxygens (including phenoxy) is 3. The maximum atomic E-state index is 11.5. The van der Waals surface area contributed by atoms with Crippen molar-refractivity contribution in [3.63, 3.8) is 0 Å². The zero-order valence-electron chi connectivity index (χ0n) is 15.3. The first-order chi connectivity index (χ1) is 13.8. The first kappa shape index (κ1) is 24.4. The van der Waals surface area contributed by atoms with E-state index in [1.54, 1.807) is 0 Å². The minimum absolute atomic E-state index is 0.680. The fraction of sp³-hybridized carbons (Fsp3) is 0.714. The molecule has 0 spiro atoms. The normalized spacial score (nSPS) is 37.1. The van der Waals surface area contributed by atoms with Crippen molar-refractivity contribution in [2.24, 2.45) is 0 Å². The summed E-state index contributed by atoms with van der Waals surface area (Å²) in [4.78, 5) is 22.6. The molecule has 8 atom stereocenters. The standard InChI is InChI=1S/C14H21NO14S/c1-4(17)15-8-11(10(29-30(23,24)25)7(3-16)26-13(8)22)28-14-9(19)5(18)2-6(27-14)12(20)21/h2,5,7-11,13-14,16,18-19,22H,3H2,1H3,(H,15,17)(H,20,21)(H,23,24,25)/t5-,7+,8+,9+,10+,11+,13+,14-/m0/s1. The summed E-state index contributed by atoms with van der Waals surface area (Å²) >= 11 is 0. The van der Waals surface area contributed by atoms with Crippen molar-refractivity contribution in [2.45, 2.75) is 56.1 Å². The summed E-state index contributed by atoms with van der Waals surface area (Å²) in [6.07, 6.45) is -12.1. The van der Waals surface area contributed by atoms with Gasteiger partial charge in [0.2, 0.25) is 18.0 Å². The summed E-state index contributed by atoms with van der Waals surface area (Å²) in [5, 5.41) is 50.7. The molecule has 2 rings (SSSR count). The van der Waals surface area contributed by atoms with Gasteiger partial charge in [-0.2, -0.15) is 8.42 Å². The van der Waals surface area contributed by atoms with Crippen LogP contribution >= 0.6 is 0 Å². The number of rotatable bonds is 7. The zero-order chi connectivity index (χ0) is 22.8. The number of hydrogen-bond donors (Lipinski definition) is 7. The van der Waals surface area contributed by atoms with Crippen LogP contribution in [0.15, 0.2) is 11.8 Å². The molecule has 7 N–H and O–H groups in total. The Hall–Kier alpha value is -1.89. The molecule has 1 saturated heterocycles. The lowest BCUT2D eigenvalue weighted by Gasteiger charge is -2.45. The highest BCUT2D eigenvalue weighted by Gasteiger charge is 2.51. The van der Waals surface area contributed by atoms with Gasteiger partial charge in [0.15, 0.2) is 6.29 Å². The lowest BCUT2D eigenvalue weighted by Crippen LogP contribution is -2.67. The molecule has 16 heteroatoms. The Labute approximate surface area is 169 Å². The summed E-state index contributed by atoms with van der Waals surface area (Å²) in [5.74, 6) is -3.19. The number of carboxylic acid groups (broad SMARTS) is 1. The Kier molecular flexibility index (Phi) is 7.72. The van der Waals surface area contributed by atoms with E-state index in [-0.39, 0.29) is 0 Å². The van der Waals surface area contributed by atoms with E-state index in [4.69, 9.17) is 23.9 Å². The van der Waals surface area contributed by atoms with Crippen molar-refractivity contribution >= 4 is 22.3 Å². The molecule has 0 saturated carbocycles. The second-order valence-corrected chi connectivity index (χ2v) is 7.41. The van der Waals surface area contributed by atoms with E-state index in [1.807, 2.05) is 0 Å². The molecule has 0 aromatic carbocycles. The molecule has 0 aromatic heterocycles. The van der Waals surface area contributed by atoms with Gasteiger partial charge in [-0.05, 0) is 6.08 Å². The number of carbonyl (C=O) groups excluding carboxylic acids is 1. The average Bonchev–Trinajstić information content (AvgIpc) is 2.61. The number of nitrogens with one attached hydrogen (secondary N) is 1. The van der Waals surface area contributed by atoms with Gasteiger partial charge in [0.25, 0.3) is 0 Å². The highest BCUT2D eigenvalue weighted by Crippen LogP contribution is 2.30. The third-order valence-electron chi connectivity index (χ3n) is 4.14. The van der Waals surface area contributed by atoms with Crippen LogP contribution in [0.3, 0.4) is 0 Å². The second kappa shape index (κ2) is 9.50. The van der Waals surface area contributed by atoms with Crippen LogP contribution in [-0.4, -0.2) is 106 Å². The largest absolute Gasteiger partial charge is 0.475 e. The molecule has 0 aromatic rings. The molecule has 172 valence electrons. The van der Waals surface area contributed by atoms with Gasteiger partial charge in [0, 0.05) is 6.92 Å². The van der Waals surface area contributed by atoms with E-state index in [1.165, 1.54) is 0 Å². The van der Waals surface area contributed by atoms with E-state index in [0.29, 0.717) is 6.08 Å². The minimum Gasteiger partial charge on any atom is -0.475 e. The molecule has 1 fully saturated rings. The minimum atomic E-state index is -5.18. The molecule has 0 unspecified atom stereocenters. The van der Waals surface area contributed by atoms with Gasteiger partial charge in [-0.15, -0.1) is 0 Å². The number of amides is 1. The van der Waals surface area contributed by atoms with E-state index >= 15 is 0 Å². The average molecular weight is 459 g/mol. The van der Waals surface area contributed by atoms with E-state index in [9.17, 15) is 38.4 Å². The maximum absolute atomic E-state index is 11.5. The third kappa shape index (κ3) is 5.84. The van der Waals surface area contributed by atoms with Crippen LogP contribution < -0.4 is 5.32 Å². The van der Waals surface area contributed by atoms with Crippen LogP contribution in [0.4, 0.5) is 0 Å². The zero-order valence-corrected chi connectivity index (χ0v) is 16.1. The Balaban J connectivity index is 2.41. The predicted molar refractivity (Wildman–Crippen MR) is 89.5 cm³/mol. The van der Waals surface area contributed by atoms with E-state index < -0.39 is 83.8 Å². The van der Waals surface area contributed by atoms with E-state index in [0.717, 1.165) is 6.92 Å². The fourth-order valence-corrected chi connectivity index (χ4v) is 3.42. The first-order valence-corrected chi connectivity index (χ1v) is 9.71. The molecule has 0 aliphatic carbocycles. The summed E-state index contributed by atoms with van der Waals surface area (Å²) < 4.78 is 51.3. The van der Waals surface area contributed by atoms with Crippen LogP contribution in [0.1, 0.15) is 6.92 Å². The Bertz CT molecular complexity index is 784. The molecule has 2 aliphatic rings. The first-order valence-electron chi connectivity index (χ1n) is 8.34. The Morgan fingerprint density at radius 2 is 1.87 bits per heavy atom. The second-order valence-electron chi connectivity index (χ2n) is 6.37. The van der Waals surface area contributed by atoms with Crippen LogP contribution in [0.25, 0.3) is 0 Å². The summed E-state index contributed by atoms with van der Waals surface area (Å²) in [5.41, 5.74) is 0. The predicted octanol–water partition coefficient (Wildman–Crippen LogP) is -4.18. The number of aliphatic hydroxyl groups excluding tert-OH is 4. The smallest absolute Gasteiger partial charge is 0.397 e. The van der Waals surface area contributed by atoms with Gasteiger partial charge in [0.05, 0.1) is 6.61 Å². The Morgan fingerprint density at radius 1 is 1.23 bits per heavy atom. The van der Waals surface area contributed by atoms with Crippen LogP contribution in [0, 0.1) is 0 Å². The van der Waals surface area contributed by atoms with Crippen molar-refractivity contribution < 1.29 is 66.5 Å². The quantitative estimate of drug-likeness (QED) is 0.179. The molecule has 2 heterocycles. The lowest BCUT2D eigenvalue weighted by atomic mass is 9.96. The third-order valence-corrected chi connectivity index (χ3v) is 4.61. The number of carbonyl (C=O) groups is 2. The van der Waals surface area contributed by atoms with Gasteiger partial charge in [0.1, 0.15) is 36.6 Å². The van der Waals surface area contributed by atoms with Gasteiger partial charge < -0.3 is 45.1 Å². The number of aliphatic hydroxyl groups is 4. The molecule has 15 nitrogen and oxygen atoms in total. The SMILES string of the molecule is CC(=O)N[C@@H]1[C@@H](O[C@@H]2OC(C(=O)O)=C[C@H](O)[C@H]2O)[C@H](OS(=O)(=O)O)[C@@H](CO)O[C@H]1O. The van der Waals surface area contributed by atoms with Gasteiger partial charge in [-0.25, -0.2) is 8.98 Å². The van der Waals surface area contributed by atoms with Crippen molar-refractivity contribution in [1.82, 2.24) is 5.32 Å². The highest BCUT2D eigenvalue weighted by atomic mass is 32.3. The maximum Gasteiger partial charge on any atom is 0.397 e. The van der Waals surface area contributed by atoms with Crippen LogP contribution in [0.2, 0.25) is 0 Å². The molecular weight excluding hydrogens is 438 g/mol. The number of carboxylic acids is 1. The highest BCUT2D eigenvalue weighted by molar-refractivity contribution is 7.80. The van der Waals surface area contributed by atoms with Crippen molar-refractivity contribution in [3.05, 3.63) is 11.8 Å². The summed E-state index contributed by atoms with van der Waals surface area (Å²) in [7, 11) is -5.18. The molecule has 1 amide bonds. The van der Waals surface area contributed by atoms with Gasteiger partial charge >= 0.3 is 16.4 Å². The lowest BCUT2D eigenvalue weighted by molar-refractivity contribution is -0.298. The summed E-state index contributed by atoms with van der Waals surface area (Å²) in [6.45, 7) is 0.0857. The van der Waals surface area contributed by atoms with Crippen molar-refractivity contribution in [3.8, 4) is 0 Å². The Morgan fingerprint density at radius 3 is 2.37 bits per heavy atom. The van der Waals surface area contributed by atoms with Crippen LogP contribution in [0.5, 0.6) is 0 Å². The number of hydrogen-bond acceptors (Lipinski definition) is 12. The van der Waals surface area contributed by atoms with Gasteiger partial charge in [-0.1, -0.05) is 0 Å². The molecule has 0 radical (unpaired) electrons. The molecular formula is C14H21NO14S.